The van der Waals surface area contributed by atoms with Crippen LogP contribution in [-0.2, 0) is 9.47 Å². The van der Waals surface area contributed by atoms with Crippen LogP contribution in [0.5, 0.6) is 0 Å². The number of methoxy groups -OCH3 is 1. The molecule has 1 N–H and O–H groups in total. The van der Waals surface area contributed by atoms with Crippen LogP contribution < -0.4 is 5.32 Å². The number of anilines is 1. The smallest absolute Gasteiger partial charge is 0.412 e. The molecule has 1 aromatic carbocycles. The highest BCUT2D eigenvalue weighted by Crippen LogP contribution is 2.23. The molecule has 1 aromatic heterocycles. The molecule has 0 atom stereocenters. The van der Waals surface area contributed by atoms with Crippen LogP contribution in [0.25, 0.3) is 11.0 Å². The van der Waals surface area contributed by atoms with Gasteiger partial charge in [-0.15, -0.1) is 0 Å². The Morgan fingerprint density at radius 2 is 1.68 bits per heavy atom. The monoisotopic (exact) mass is 303 g/mol. The van der Waals surface area contributed by atoms with E-state index in [2.05, 4.69) is 15.3 Å². The van der Waals surface area contributed by atoms with Gasteiger partial charge in [0.25, 0.3) is 0 Å². The van der Waals surface area contributed by atoms with Gasteiger partial charge >= 0.3 is 12.1 Å². The summed E-state index contributed by atoms with van der Waals surface area (Å²) in [4.78, 5) is 32.1. The van der Waals surface area contributed by atoms with Gasteiger partial charge in [-0.1, -0.05) is 0 Å². The lowest BCUT2D eigenvalue weighted by molar-refractivity contribution is 0.0602. The molecule has 0 aliphatic rings. The minimum absolute atomic E-state index is 0.182. The first-order valence-corrected chi connectivity index (χ1v) is 6.63. The zero-order valence-corrected chi connectivity index (χ0v) is 12.8. The second-order valence-corrected chi connectivity index (χ2v) is 5.56. The quantitative estimate of drug-likeness (QED) is 0.858. The third-order valence-electron chi connectivity index (χ3n) is 2.65. The third-order valence-corrected chi connectivity index (χ3v) is 2.65. The Morgan fingerprint density at radius 3 is 2.23 bits per heavy atom. The van der Waals surface area contributed by atoms with E-state index in [1.165, 1.54) is 25.6 Å². The number of rotatable bonds is 2. The molecule has 0 bridgehead atoms. The Kier molecular flexibility index (Phi) is 4.25. The number of hydrogen-bond acceptors (Lipinski definition) is 6. The molecule has 116 valence electrons. The van der Waals surface area contributed by atoms with Crippen molar-refractivity contribution < 1.29 is 19.1 Å². The lowest BCUT2D eigenvalue weighted by Gasteiger charge is -2.20. The van der Waals surface area contributed by atoms with E-state index in [0.717, 1.165) is 0 Å². The molecule has 0 saturated carbocycles. The largest absolute Gasteiger partial charge is 0.465 e. The van der Waals surface area contributed by atoms with Gasteiger partial charge in [0.2, 0.25) is 0 Å². The van der Waals surface area contributed by atoms with Crippen molar-refractivity contribution in [2.24, 2.45) is 0 Å². The van der Waals surface area contributed by atoms with E-state index in [4.69, 9.17) is 9.47 Å². The van der Waals surface area contributed by atoms with Crippen LogP contribution >= 0.6 is 0 Å². The van der Waals surface area contributed by atoms with Crippen LogP contribution in [0, 0.1) is 0 Å². The number of amides is 1. The van der Waals surface area contributed by atoms with Gasteiger partial charge in [-0.25, -0.2) is 9.59 Å². The first kappa shape index (κ1) is 15.7. The lowest BCUT2D eigenvalue weighted by atomic mass is 10.1. The van der Waals surface area contributed by atoms with Gasteiger partial charge in [-0.3, -0.25) is 15.3 Å². The second-order valence-electron chi connectivity index (χ2n) is 5.56. The highest BCUT2D eigenvalue weighted by molar-refractivity contribution is 6.03. The highest BCUT2D eigenvalue weighted by Gasteiger charge is 2.20. The predicted molar refractivity (Wildman–Crippen MR) is 80.7 cm³/mol. The summed E-state index contributed by atoms with van der Waals surface area (Å²) in [6.45, 7) is 5.25. The van der Waals surface area contributed by atoms with Gasteiger partial charge in [0.15, 0.2) is 0 Å². The van der Waals surface area contributed by atoms with Gasteiger partial charge in [0.05, 0.1) is 29.4 Å². The fraction of sp³-hybridized carbons (Fsp3) is 0.333. The SMILES string of the molecule is COC(=O)c1cc2nccnc2cc1NC(=O)OC(C)(C)C. The van der Waals surface area contributed by atoms with Crippen LogP contribution in [0.2, 0.25) is 0 Å². The first-order chi connectivity index (χ1) is 10.3. The number of ether oxygens (including phenoxy) is 2. The molecule has 0 aliphatic heterocycles. The fourth-order valence-corrected chi connectivity index (χ4v) is 1.81. The number of esters is 1. The van der Waals surface area contributed by atoms with Crippen molar-refractivity contribution >= 4 is 28.8 Å². The van der Waals surface area contributed by atoms with Gasteiger partial charge in [-0.05, 0) is 32.9 Å². The number of carbonyl (C=O) groups is 2. The maximum atomic E-state index is 11.9. The van der Waals surface area contributed by atoms with E-state index in [1.54, 1.807) is 26.8 Å². The lowest BCUT2D eigenvalue weighted by Crippen LogP contribution is -2.27. The van der Waals surface area contributed by atoms with Gasteiger partial charge in [0, 0.05) is 12.4 Å². The van der Waals surface area contributed by atoms with Crippen molar-refractivity contribution in [3.63, 3.8) is 0 Å². The Morgan fingerprint density at radius 1 is 1.09 bits per heavy atom. The molecule has 0 spiro atoms. The molecule has 0 fully saturated rings. The average Bonchev–Trinajstić information content (AvgIpc) is 2.43. The third kappa shape index (κ3) is 3.69. The Hall–Kier alpha value is -2.70. The van der Waals surface area contributed by atoms with Gasteiger partial charge < -0.3 is 9.47 Å². The van der Waals surface area contributed by atoms with E-state index in [1.807, 2.05) is 0 Å². The molecule has 1 heterocycles. The average molecular weight is 303 g/mol. The molecule has 22 heavy (non-hydrogen) atoms. The summed E-state index contributed by atoms with van der Waals surface area (Å²) in [6, 6.07) is 3.07. The van der Waals surface area contributed by atoms with Crippen molar-refractivity contribution in [2.75, 3.05) is 12.4 Å². The number of aromatic nitrogens is 2. The standard InChI is InChI=1S/C15H17N3O4/c1-15(2,3)22-14(20)18-10-8-12-11(16-5-6-17-12)7-9(10)13(19)21-4/h5-8H,1-4H3,(H,18,20). The molecule has 2 aromatic rings. The summed E-state index contributed by atoms with van der Waals surface area (Å²) in [6.07, 6.45) is 2.38. The van der Waals surface area contributed by atoms with Crippen LogP contribution in [0.15, 0.2) is 24.5 Å². The number of nitrogens with zero attached hydrogens (tertiary/aromatic N) is 2. The molecule has 0 saturated heterocycles. The van der Waals surface area contributed by atoms with Crippen molar-refractivity contribution in [1.29, 1.82) is 0 Å². The summed E-state index contributed by atoms with van der Waals surface area (Å²) < 4.78 is 9.91. The second kappa shape index (κ2) is 5.97. The van der Waals surface area contributed by atoms with Gasteiger partial charge in [0.1, 0.15) is 5.60 Å². The Bertz CT molecular complexity index is 722. The first-order valence-electron chi connectivity index (χ1n) is 6.63. The van der Waals surface area contributed by atoms with E-state index in [0.29, 0.717) is 11.0 Å². The fourth-order valence-electron chi connectivity index (χ4n) is 1.81. The molecule has 2 rings (SSSR count). The maximum absolute atomic E-state index is 11.9. The Balaban J connectivity index is 2.41. The van der Waals surface area contributed by atoms with Gasteiger partial charge in [-0.2, -0.15) is 0 Å². The summed E-state index contributed by atoms with van der Waals surface area (Å²) >= 11 is 0. The summed E-state index contributed by atoms with van der Waals surface area (Å²) in [7, 11) is 1.26. The number of nitrogens with one attached hydrogen (secondary N) is 1. The summed E-state index contributed by atoms with van der Waals surface area (Å²) in [5.41, 5.74) is 0.862. The molecule has 7 nitrogen and oxygen atoms in total. The Labute approximate surface area is 127 Å². The summed E-state index contributed by atoms with van der Waals surface area (Å²) in [5.74, 6) is -0.585. The zero-order chi connectivity index (χ0) is 16.3. The van der Waals surface area contributed by atoms with Crippen LogP contribution in [0.1, 0.15) is 31.1 Å². The minimum atomic E-state index is -0.666. The number of fused-ring (bicyclic) bond motifs is 1. The van der Waals surface area contributed by atoms with Crippen molar-refractivity contribution in [3.05, 3.63) is 30.1 Å². The van der Waals surface area contributed by atoms with Crippen molar-refractivity contribution in [2.45, 2.75) is 26.4 Å². The molecular weight excluding hydrogens is 286 g/mol. The van der Waals surface area contributed by atoms with Crippen LogP contribution in [0.4, 0.5) is 10.5 Å². The predicted octanol–water partition coefficient (Wildman–Crippen LogP) is 2.76. The van der Waals surface area contributed by atoms with E-state index in [9.17, 15) is 9.59 Å². The topological polar surface area (TPSA) is 90.4 Å². The number of hydrogen-bond donors (Lipinski definition) is 1. The highest BCUT2D eigenvalue weighted by atomic mass is 16.6. The molecule has 1 amide bonds. The van der Waals surface area contributed by atoms with Crippen molar-refractivity contribution in [1.82, 2.24) is 9.97 Å². The van der Waals surface area contributed by atoms with E-state index < -0.39 is 17.7 Å². The van der Waals surface area contributed by atoms with Crippen LogP contribution in [-0.4, -0.2) is 34.7 Å². The molecule has 7 heteroatoms. The summed E-state index contributed by atoms with van der Waals surface area (Å²) in [5, 5.41) is 2.54. The number of carbonyl (C=O) groups excluding carboxylic acids is 2. The normalized spacial score (nSPS) is 11.1. The molecule has 0 radical (unpaired) electrons. The minimum Gasteiger partial charge on any atom is -0.465 e. The van der Waals surface area contributed by atoms with Crippen molar-refractivity contribution in [3.8, 4) is 0 Å². The van der Waals surface area contributed by atoms with Crippen LogP contribution in [0.3, 0.4) is 0 Å². The molecule has 0 unspecified atom stereocenters. The van der Waals surface area contributed by atoms with E-state index in [-0.39, 0.29) is 11.3 Å². The van der Waals surface area contributed by atoms with E-state index >= 15 is 0 Å². The zero-order valence-electron chi connectivity index (χ0n) is 12.8. The number of benzene rings is 1. The molecular formula is C15H17N3O4. The maximum Gasteiger partial charge on any atom is 0.412 e. The molecule has 0 aliphatic carbocycles.